The molecule has 204 valence electrons. The number of aromatic nitrogens is 2. The lowest BCUT2D eigenvalue weighted by atomic mass is 10.1. The molecule has 1 aromatic heterocycles. The first kappa shape index (κ1) is 28.1. The van der Waals surface area contributed by atoms with Crippen molar-refractivity contribution in [2.24, 2.45) is 0 Å². The van der Waals surface area contributed by atoms with Crippen LogP contribution in [0.1, 0.15) is 80.7 Å². The summed E-state index contributed by atoms with van der Waals surface area (Å²) in [6.07, 6.45) is 5.66. The van der Waals surface area contributed by atoms with Crippen LogP contribution in [-0.2, 0) is 6.42 Å². The van der Waals surface area contributed by atoms with Crippen molar-refractivity contribution in [1.29, 1.82) is 0 Å². The van der Waals surface area contributed by atoms with Gasteiger partial charge < -0.3 is 9.64 Å². The summed E-state index contributed by atoms with van der Waals surface area (Å²) in [7, 11) is 1.60. The van der Waals surface area contributed by atoms with Gasteiger partial charge in [0.1, 0.15) is 11.6 Å². The van der Waals surface area contributed by atoms with E-state index in [1.54, 1.807) is 17.7 Å². The van der Waals surface area contributed by atoms with Gasteiger partial charge in [0, 0.05) is 12.1 Å². The van der Waals surface area contributed by atoms with Gasteiger partial charge >= 0.3 is 0 Å². The Kier molecular flexibility index (Phi) is 9.53. The van der Waals surface area contributed by atoms with Crippen molar-refractivity contribution in [2.75, 3.05) is 13.7 Å². The first-order chi connectivity index (χ1) is 19.0. The van der Waals surface area contributed by atoms with E-state index in [2.05, 4.69) is 20.8 Å². The van der Waals surface area contributed by atoms with Crippen molar-refractivity contribution in [3.8, 4) is 11.4 Å². The zero-order valence-corrected chi connectivity index (χ0v) is 23.5. The van der Waals surface area contributed by atoms with Crippen LogP contribution in [0.2, 0.25) is 0 Å². The monoisotopic (exact) mass is 525 g/mol. The average molecular weight is 526 g/mol. The van der Waals surface area contributed by atoms with Gasteiger partial charge in [0.2, 0.25) is 0 Å². The van der Waals surface area contributed by atoms with Gasteiger partial charge in [-0.15, -0.1) is 0 Å². The number of para-hydroxylation sites is 1. The van der Waals surface area contributed by atoms with Crippen LogP contribution in [0.25, 0.3) is 16.6 Å². The lowest BCUT2D eigenvalue weighted by molar-refractivity contribution is 0.0654. The first-order valence-corrected chi connectivity index (χ1v) is 14.1. The summed E-state index contributed by atoms with van der Waals surface area (Å²) in [6.45, 7) is 6.91. The topological polar surface area (TPSA) is 64.4 Å². The second-order valence-corrected chi connectivity index (χ2v) is 9.86. The second-order valence-electron chi connectivity index (χ2n) is 9.86. The summed E-state index contributed by atoms with van der Waals surface area (Å²) in [6, 6.07) is 22.4. The molecule has 0 saturated heterocycles. The maximum atomic E-state index is 14.1. The molecule has 1 heterocycles. The number of hydrogen-bond acceptors (Lipinski definition) is 4. The molecule has 1 atom stereocenters. The van der Waals surface area contributed by atoms with Gasteiger partial charge in [-0.1, -0.05) is 70.4 Å². The number of hydrogen-bond donors (Lipinski definition) is 0. The number of fused-ring (bicyclic) bond motifs is 1. The highest BCUT2D eigenvalue weighted by atomic mass is 16.5. The third kappa shape index (κ3) is 6.22. The van der Waals surface area contributed by atoms with Crippen LogP contribution in [0.3, 0.4) is 0 Å². The van der Waals surface area contributed by atoms with E-state index in [4.69, 9.17) is 9.72 Å². The van der Waals surface area contributed by atoms with Gasteiger partial charge in [-0.3, -0.25) is 14.2 Å². The minimum atomic E-state index is -0.395. The predicted molar refractivity (Wildman–Crippen MR) is 158 cm³/mol. The molecule has 39 heavy (non-hydrogen) atoms. The van der Waals surface area contributed by atoms with E-state index in [0.717, 1.165) is 37.8 Å². The van der Waals surface area contributed by atoms with Crippen LogP contribution in [-0.4, -0.2) is 34.0 Å². The quantitative estimate of drug-likeness (QED) is 0.185. The summed E-state index contributed by atoms with van der Waals surface area (Å²) in [5, 5.41) is 0.560. The number of nitrogens with zero attached hydrogens (tertiary/aromatic N) is 3. The molecule has 0 radical (unpaired) electrons. The van der Waals surface area contributed by atoms with Gasteiger partial charge in [-0.05, 0) is 67.3 Å². The number of carbonyl (C=O) groups is 1. The molecule has 0 aliphatic carbocycles. The molecule has 0 aliphatic heterocycles. The Bertz CT molecular complexity index is 1460. The molecule has 4 aromatic rings. The molecule has 0 spiro atoms. The van der Waals surface area contributed by atoms with Crippen molar-refractivity contribution in [3.05, 3.63) is 100 Å². The molecule has 4 rings (SSSR count). The van der Waals surface area contributed by atoms with Gasteiger partial charge in [0.15, 0.2) is 0 Å². The van der Waals surface area contributed by atoms with E-state index in [0.29, 0.717) is 41.0 Å². The normalized spacial score (nSPS) is 11.9. The summed E-state index contributed by atoms with van der Waals surface area (Å²) < 4.78 is 7.10. The molecule has 1 amide bonds. The highest BCUT2D eigenvalue weighted by Gasteiger charge is 2.29. The zero-order valence-electron chi connectivity index (χ0n) is 23.5. The summed E-state index contributed by atoms with van der Waals surface area (Å²) >= 11 is 0. The lowest BCUT2D eigenvalue weighted by Gasteiger charge is -2.32. The summed E-state index contributed by atoms with van der Waals surface area (Å²) in [4.78, 5) is 35.0. The van der Waals surface area contributed by atoms with Gasteiger partial charge in [-0.25, -0.2) is 4.98 Å². The summed E-state index contributed by atoms with van der Waals surface area (Å²) in [5.74, 6) is 1.13. The molecular weight excluding hydrogens is 486 g/mol. The Labute approximate surface area is 231 Å². The molecule has 6 nitrogen and oxygen atoms in total. The van der Waals surface area contributed by atoms with Crippen molar-refractivity contribution < 1.29 is 9.53 Å². The van der Waals surface area contributed by atoms with E-state index < -0.39 is 6.04 Å². The van der Waals surface area contributed by atoms with Crippen LogP contribution in [0.5, 0.6) is 5.75 Å². The van der Waals surface area contributed by atoms with Crippen LogP contribution < -0.4 is 10.3 Å². The van der Waals surface area contributed by atoms with Crippen molar-refractivity contribution in [2.45, 2.75) is 65.3 Å². The van der Waals surface area contributed by atoms with E-state index in [9.17, 15) is 9.59 Å². The van der Waals surface area contributed by atoms with Crippen LogP contribution >= 0.6 is 0 Å². The standard InChI is InChI=1S/C33H39N3O3/c1-5-8-9-12-22-35(32(37)25-14-13-15-27(23-25)39-4)30(7-3)31-34-29-17-11-10-16-28(29)33(38)36(31)26-20-18-24(6-2)19-21-26/h10-11,13-21,23,30H,5-9,12,22H2,1-4H3. The molecule has 1 unspecified atom stereocenters. The first-order valence-electron chi connectivity index (χ1n) is 14.1. The zero-order chi connectivity index (χ0) is 27.8. The Balaban J connectivity index is 1.89. The van der Waals surface area contributed by atoms with E-state index >= 15 is 0 Å². The minimum absolute atomic E-state index is 0.0902. The molecule has 0 bridgehead atoms. The van der Waals surface area contributed by atoms with E-state index in [-0.39, 0.29) is 11.5 Å². The average Bonchev–Trinajstić information content (AvgIpc) is 2.98. The number of aryl methyl sites for hydroxylation is 1. The smallest absolute Gasteiger partial charge is 0.266 e. The highest BCUT2D eigenvalue weighted by Crippen LogP contribution is 2.29. The SMILES string of the molecule is CCCCCCN(C(=O)c1cccc(OC)c1)C(CC)c1nc2ccccc2c(=O)n1-c1ccc(CC)cc1. The van der Waals surface area contributed by atoms with Crippen molar-refractivity contribution in [3.63, 3.8) is 0 Å². The highest BCUT2D eigenvalue weighted by molar-refractivity contribution is 5.95. The Hall–Kier alpha value is -3.93. The van der Waals surface area contributed by atoms with Gasteiger partial charge in [0.25, 0.3) is 11.5 Å². The fraction of sp³-hybridized carbons (Fsp3) is 0.364. The number of unbranched alkanes of at least 4 members (excludes halogenated alkanes) is 3. The molecular formula is C33H39N3O3. The number of rotatable bonds is 12. The molecule has 0 N–H and O–H groups in total. The van der Waals surface area contributed by atoms with Gasteiger partial charge in [-0.2, -0.15) is 0 Å². The van der Waals surface area contributed by atoms with Crippen LogP contribution in [0.15, 0.2) is 77.6 Å². The maximum Gasteiger partial charge on any atom is 0.266 e. The molecule has 0 saturated carbocycles. The molecule has 0 aliphatic rings. The summed E-state index contributed by atoms with van der Waals surface area (Å²) in [5.41, 5.74) is 3.02. The second kappa shape index (κ2) is 13.2. The number of ether oxygens (including phenoxy) is 1. The number of methoxy groups -OCH3 is 1. The fourth-order valence-corrected chi connectivity index (χ4v) is 5.08. The van der Waals surface area contributed by atoms with Crippen LogP contribution in [0, 0.1) is 0 Å². The van der Waals surface area contributed by atoms with E-state index in [1.807, 2.05) is 71.6 Å². The largest absolute Gasteiger partial charge is 0.497 e. The molecule has 3 aromatic carbocycles. The maximum absolute atomic E-state index is 14.1. The number of carbonyl (C=O) groups excluding carboxylic acids is 1. The van der Waals surface area contributed by atoms with E-state index in [1.165, 1.54) is 5.56 Å². The molecule has 0 fully saturated rings. The Morgan fingerprint density at radius 3 is 2.41 bits per heavy atom. The minimum Gasteiger partial charge on any atom is -0.497 e. The lowest BCUT2D eigenvalue weighted by Crippen LogP contribution is -2.39. The number of benzene rings is 3. The molecule has 6 heteroatoms. The fourth-order valence-electron chi connectivity index (χ4n) is 5.08. The Morgan fingerprint density at radius 2 is 1.72 bits per heavy atom. The predicted octanol–water partition coefficient (Wildman–Crippen LogP) is 7.13. The van der Waals surface area contributed by atoms with Crippen molar-refractivity contribution >= 4 is 16.8 Å². The van der Waals surface area contributed by atoms with Crippen molar-refractivity contribution in [1.82, 2.24) is 14.5 Å². The number of amides is 1. The third-order valence-corrected chi connectivity index (χ3v) is 7.30. The van der Waals surface area contributed by atoms with Gasteiger partial charge in [0.05, 0.1) is 29.7 Å². The third-order valence-electron chi connectivity index (χ3n) is 7.30. The van der Waals surface area contributed by atoms with Crippen LogP contribution in [0.4, 0.5) is 0 Å². The Morgan fingerprint density at radius 1 is 0.949 bits per heavy atom.